The van der Waals surface area contributed by atoms with Gasteiger partial charge in [-0.05, 0) is 40.8 Å². The van der Waals surface area contributed by atoms with E-state index in [4.69, 9.17) is 4.74 Å². The Kier molecular flexibility index (Phi) is 7.87. The summed E-state index contributed by atoms with van der Waals surface area (Å²) in [6, 6.07) is 15.7. The minimum Gasteiger partial charge on any atom is -0.442 e. The van der Waals surface area contributed by atoms with E-state index < -0.39 is 18.0 Å². The highest BCUT2D eigenvalue weighted by molar-refractivity contribution is 7.12. The van der Waals surface area contributed by atoms with Crippen LogP contribution in [0.1, 0.15) is 22.2 Å². The van der Waals surface area contributed by atoms with Gasteiger partial charge in [-0.3, -0.25) is 19.5 Å². The number of thiophene rings is 1. The molecule has 0 spiro atoms. The van der Waals surface area contributed by atoms with Gasteiger partial charge in [0.15, 0.2) is 0 Å². The summed E-state index contributed by atoms with van der Waals surface area (Å²) in [5.74, 6) is -0.601. The van der Waals surface area contributed by atoms with Crippen LogP contribution in [0.3, 0.4) is 0 Å². The maximum absolute atomic E-state index is 15.0. The molecule has 1 N–H and O–H groups in total. The molecule has 0 saturated carbocycles. The van der Waals surface area contributed by atoms with Crippen LogP contribution in [-0.2, 0) is 9.53 Å². The zero-order valence-corrected chi connectivity index (χ0v) is 22.2. The molecule has 0 unspecified atom stereocenters. The number of carbonyl (C=O) groups is 3. The lowest BCUT2D eigenvalue weighted by Gasteiger charge is -2.32. The lowest BCUT2D eigenvalue weighted by Crippen LogP contribution is -2.46. The molecule has 0 radical (unpaired) electrons. The van der Waals surface area contributed by atoms with Gasteiger partial charge in [-0.2, -0.15) is 5.10 Å². The number of rotatable bonds is 7. The topological polar surface area (TPSA) is 94.5 Å². The Hall–Kier alpha value is -4.25. The van der Waals surface area contributed by atoms with Gasteiger partial charge in [0, 0.05) is 25.6 Å². The minimum absolute atomic E-state index is 0.0657. The normalized spacial score (nSPS) is 17.5. The maximum Gasteiger partial charge on any atom is 0.414 e. The van der Waals surface area contributed by atoms with Crippen molar-refractivity contribution in [1.82, 2.24) is 15.2 Å². The number of hydrogen-bond acceptors (Lipinski definition) is 7. The second-order valence-corrected chi connectivity index (χ2v) is 10.3. The van der Waals surface area contributed by atoms with Crippen molar-refractivity contribution in [2.24, 2.45) is 5.10 Å². The largest absolute Gasteiger partial charge is 0.442 e. The summed E-state index contributed by atoms with van der Waals surface area (Å²) in [5.41, 5.74) is 2.38. The molecule has 3 aromatic rings. The molecule has 3 amide bonds. The summed E-state index contributed by atoms with van der Waals surface area (Å²) in [5, 5.41) is 11.0. The molecular weight excluding hydrogens is 521 g/mol. The highest BCUT2D eigenvalue weighted by Crippen LogP contribution is 2.29. The second kappa shape index (κ2) is 11.6. The SMILES string of the molecule is CC(=O)NC[C@H]1CN(c2ccc(-c3ccc(C=NN4CCN(C(=O)c5cccs5)CC4)cc3)c(F)c2)C(=O)O1. The van der Waals surface area contributed by atoms with Gasteiger partial charge in [0.25, 0.3) is 5.91 Å². The number of carbonyl (C=O) groups excluding carboxylic acids is 3. The predicted octanol–water partition coefficient (Wildman–Crippen LogP) is 3.81. The number of anilines is 1. The van der Waals surface area contributed by atoms with Crippen LogP contribution in [0.15, 0.2) is 65.1 Å². The molecule has 9 nitrogen and oxygen atoms in total. The summed E-state index contributed by atoms with van der Waals surface area (Å²) in [6.45, 7) is 4.37. The van der Waals surface area contributed by atoms with E-state index in [1.807, 2.05) is 51.7 Å². The third-order valence-corrected chi connectivity index (χ3v) is 7.44. The van der Waals surface area contributed by atoms with Gasteiger partial charge in [0.1, 0.15) is 11.9 Å². The first-order valence-electron chi connectivity index (χ1n) is 12.6. The molecule has 11 heteroatoms. The van der Waals surface area contributed by atoms with Crippen LogP contribution in [0.5, 0.6) is 0 Å². The zero-order chi connectivity index (χ0) is 27.4. The lowest BCUT2D eigenvalue weighted by molar-refractivity contribution is -0.119. The van der Waals surface area contributed by atoms with E-state index in [0.29, 0.717) is 43.0 Å². The van der Waals surface area contributed by atoms with Crippen LogP contribution in [0.25, 0.3) is 11.1 Å². The van der Waals surface area contributed by atoms with E-state index in [2.05, 4.69) is 10.4 Å². The first kappa shape index (κ1) is 26.4. The Morgan fingerprint density at radius 1 is 1.13 bits per heavy atom. The predicted molar refractivity (Wildman–Crippen MR) is 148 cm³/mol. The van der Waals surface area contributed by atoms with Gasteiger partial charge in [0.05, 0.1) is 43.0 Å². The van der Waals surface area contributed by atoms with Gasteiger partial charge in [-0.1, -0.05) is 30.3 Å². The van der Waals surface area contributed by atoms with E-state index in [1.165, 1.54) is 29.2 Å². The Morgan fingerprint density at radius 2 is 1.90 bits per heavy atom. The smallest absolute Gasteiger partial charge is 0.414 e. The maximum atomic E-state index is 15.0. The highest BCUT2D eigenvalue weighted by atomic mass is 32.1. The quantitative estimate of drug-likeness (QED) is 0.453. The fraction of sp³-hybridized carbons (Fsp3) is 0.286. The molecule has 2 saturated heterocycles. The number of benzene rings is 2. The number of cyclic esters (lactones) is 1. The van der Waals surface area contributed by atoms with Crippen LogP contribution in [0.2, 0.25) is 0 Å². The Labute approximate surface area is 229 Å². The summed E-state index contributed by atoms with van der Waals surface area (Å²) in [6.07, 6.45) is 0.698. The summed E-state index contributed by atoms with van der Waals surface area (Å²) in [4.78, 5) is 39.8. The first-order valence-corrected chi connectivity index (χ1v) is 13.5. The third-order valence-electron chi connectivity index (χ3n) is 6.58. The minimum atomic E-state index is -0.573. The fourth-order valence-corrected chi connectivity index (χ4v) is 5.16. The molecule has 2 aromatic carbocycles. The van der Waals surface area contributed by atoms with Gasteiger partial charge < -0.3 is 15.0 Å². The van der Waals surface area contributed by atoms with E-state index >= 15 is 4.39 Å². The average molecular weight is 550 g/mol. The second-order valence-electron chi connectivity index (χ2n) is 9.31. The number of nitrogens with zero attached hydrogens (tertiary/aromatic N) is 4. The van der Waals surface area contributed by atoms with Crippen LogP contribution in [0.4, 0.5) is 14.9 Å². The number of halogens is 1. The van der Waals surface area contributed by atoms with Gasteiger partial charge in [0.2, 0.25) is 5.91 Å². The van der Waals surface area contributed by atoms with Crippen LogP contribution < -0.4 is 10.2 Å². The molecule has 202 valence electrons. The van der Waals surface area contributed by atoms with Gasteiger partial charge in [-0.15, -0.1) is 11.3 Å². The molecule has 3 heterocycles. The van der Waals surface area contributed by atoms with E-state index in [9.17, 15) is 14.4 Å². The monoisotopic (exact) mass is 549 g/mol. The molecule has 39 heavy (non-hydrogen) atoms. The van der Waals surface area contributed by atoms with Crippen molar-refractivity contribution in [3.63, 3.8) is 0 Å². The van der Waals surface area contributed by atoms with E-state index in [1.54, 1.807) is 18.3 Å². The molecule has 1 atom stereocenters. The number of piperazine rings is 1. The number of hydrazone groups is 1. The molecule has 0 aliphatic carbocycles. The molecule has 2 aliphatic heterocycles. The van der Waals surface area contributed by atoms with Crippen LogP contribution in [-0.4, -0.2) is 79.4 Å². The number of amides is 3. The van der Waals surface area contributed by atoms with Crippen molar-refractivity contribution in [1.29, 1.82) is 0 Å². The third kappa shape index (κ3) is 6.26. The van der Waals surface area contributed by atoms with Gasteiger partial charge in [-0.25, -0.2) is 9.18 Å². The van der Waals surface area contributed by atoms with E-state index in [-0.39, 0.29) is 24.9 Å². The van der Waals surface area contributed by atoms with Crippen molar-refractivity contribution < 1.29 is 23.5 Å². The summed E-state index contributed by atoms with van der Waals surface area (Å²) in [7, 11) is 0. The lowest BCUT2D eigenvalue weighted by atomic mass is 10.0. The standard InChI is InChI=1S/C28H28FN5O4S/c1-19(35)30-17-23-18-34(28(37)38-23)22-8-9-24(25(29)15-22)21-6-4-20(5-7-21)16-31-33-12-10-32(11-13-33)27(36)26-3-2-14-39-26/h2-9,14-16,23H,10-13,17-18H2,1H3,(H,30,35)/t23-/m0/s1. The summed E-state index contributed by atoms with van der Waals surface area (Å²) < 4.78 is 20.3. The van der Waals surface area contributed by atoms with Crippen molar-refractivity contribution >= 4 is 41.1 Å². The zero-order valence-electron chi connectivity index (χ0n) is 21.4. The van der Waals surface area contributed by atoms with Crippen molar-refractivity contribution in [3.05, 3.63) is 76.2 Å². The Balaban J connectivity index is 1.17. The number of ether oxygens (including phenoxy) is 1. The first-order chi connectivity index (χ1) is 18.9. The fourth-order valence-electron chi connectivity index (χ4n) is 4.47. The van der Waals surface area contributed by atoms with Crippen molar-refractivity contribution in [3.8, 4) is 11.1 Å². The van der Waals surface area contributed by atoms with Crippen molar-refractivity contribution in [2.45, 2.75) is 13.0 Å². The number of hydrogen-bond donors (Lipinski definition) is 1. The van der Waals surface area contributed by atoms with Crippen LogP contribution >= 0.6 is 11.3 Å². The van der Waals surface area contributed by atoms with Crippen LogP contribution in [0, 0.1) is 5.82 Å². The Bertz CT molecular complexity index is 1370. The molecule has 2 fully saturated rings. The Morgan fingerprint density at radius 3 is 2.56 bits per heavy atom. The molecule has 5 rings (SSSR count). The summed E-state index contributed by atoms with van der Waals surface area (Å²) >= 11 is 1.45. The number of nitrogens with one attached hydrogen (secondary N) is 1. The molecule has 1 aromatic heterocycles. The molecule has 2 aliphatic rings. The van der Waals surface area contributed by atoms with E-state index in [0.717, 1.165) is 10.4 Å². The molecular formula is C28H28FN5O4S. The molecule has 0 bridgehead atoms. The highest BCUT2D eigenvalue weighted by Gasteiger charge is 2.32. The van der Waals surface area contributed by atoms with Gasteiger partial charge >= 0.3 is 6.09 Å². The van der Waals surface area contributed by atoms with Crippen molar-refractivity contribution in [2.75, 3.05) is 44.2 Å². The average Bonchev–Trinajstić information content (AvgIpc) is 3.61.